The molecule has 0 aromatic rings. The third-order valence-corrected chi connectivity index (χ3v) is 1.63. The molecule has 0 aliphatic heterocycles. The number of hydrogen-bond acceptors (Lipinski definition) is 2. The highest BCUT2D eigenvalue weighted by molar-refractivity contribution is 6.08. The van der Waals surface area contributed by atoms with Crippen LogP contribution < -0.4 is 0 Å². The van der Waals surface area contributed by atoms with Crippen LogP contribution in [0.5, 0.6) is 0 Å². The van der Waals surface area contributed by atoms with Gasteiger partial charge in [0.05, 0.1) is 0 Å². The van der Waals surface area contributed by atoms with Crippen LogP contribution in [0.3, 0.4) is 0 Å². The molecular weight excluding hydrogens is 120 g/mol. The summed E-state index contributed by atoms with van der Waals surface area (Å²) in [5.41, 5.74) is 0. The van der Waals surface area contributed by atoms with E-state index < -0.39 is 0 Å². The van der Waals surface area contributed by atoms with E-state index >= 15 is 0 Å². The Hall–Kier alpha value is 0.137. The summed E-state index contributed by atoms with van der Waals surface area (Å²) in [5, 5.41) is 0. The Labute approximate surface area is 53.6 Å². The van der Waals surface area contributed by atoms with Crippen LogP contribution in [-0.2, 0) is 9.47 Å². The van der Waals surface area contributed by atoms with Gasteiger partial charge in [0.25, 0.3) is 0 Å². The molecule has 8 heavy (non-hydrogen) atoms. The molecule has 0 aromatic heterocycles. The smallest absolute Gasteiger partial charge is 0.156 e. The quantitative estimate of drug-likeness (QED) is 0.391. The minimum atomic E-state index is 0.0347. The molecule has 0 unspecified atom stereocenters. The van der Waals surface area contributed by atoms with Gasteiger partial charge in [0.2, 0.25) is 0 Å². The molecule has 0 rings (SSSR count). The molecule has 3 heteroatoms. The Kier molecular flexibility index (Phi) is 5.37. The van der Waals surface area contributed by atoms with E-state index in [1.165, 1.54) is 16.3 Å². The minimum Gasteiger partial charge on any atom is -0.356 e. The second-order valence-corrected chi connectivity index (χ2v) is 2.69. The van der Waals surface area contributed by atoms with Crippen LogP contribution in [0.15, 0.2) is 0 Å². The average molecular weight is 134 g/mol. The summed E-state index contributed by atoms with van der Waals surface area (Å²) in [6, 6.07) is 1.24. The molecule has 0 saturated carbocycles. The van der Waals surface area contributed by atoms with Gasteiger partial charge in [-0.15, -0.1) is 0 Å². The molecule has 0 heterocycles. The summed E-state index contributed by atoms with van der Waals surface area (Å²) in [6.45, 7) is 0. The standard InChI is InChI=1S/C5H14O2Si/c1-6-5(7-2)3-4-8/h5H,3-4H2,1-2,8H3. The van der Waals surface area contributed by atoms with Crippen molar-refractivity contribution in [1.82, 2.24) is 0 Å². The number of rotatable bonds is 4. The zero-order valence-electron chi connectivity index (χ0n) is 5.81. The molecule has 0 bridgehead atoms. The van der Waals surface area contributed by atoms with Crippen LogP contribution in [-0.4, -0.2) is 30.8 Å². The highest BCUT2D eigenvalue weighted by Gasteiger charge is 1.99. The molecule has 0 amide bonds. The molecule has 0 aliphatic rings. The zero-order chi connectivity index (χ0) is 6.41. The third-order valence-electron chi connectivity index (χ3n) is 1.05. The van der Waals surface area contributed by atoms with E-state index in [0.717, 1.165) is 6.42 Å². The van der Waals surface area contributed by atoms with E-state index in [2.05, 4.69) is 0 Å². The number of methoxy groups -OCH3 is 2. The number of hydrogen-bond donors (Lipinski definition) is 0. The highest BCUT2D eigenvalue weighted by Crippen LogP contribution is 1.98. The van der Waals surface area contributed by atoms with Crippen molar-refractivity contribution in [3.63, 3.8) is 0 Å². The van der Waals surface area contributed by atoms with Crippen molar-refractivity contribution in [1.29, 1.82) is 0 Å². The lowest BCUT2D eigenvalue weighted by atomic mass is 10.5. The first-order valence-corrected chi connectivity index (χ1v) is 4.32. The lowest BCUT2D eigenvalue weighted by molar-refractivity contribution is -0.103. The molecule has 0 spiro atoms. The van der Waals surface area contributed by atoms with Crippen molar-refractivity contribution >= 4 is 10.2 Å². The molecular formula is C5H14O2Si. The Morgan fingerprint density at radius 2 is 1.88 bits per heavy atom. The average Bonchev–Trinajstić information content (AvgIpc) is 1.83. The summed E-state index contributed by atoms with van der Waals surface area (Å²) < 4.78 is 9.88. The van der Waals surface area contributed by atoms with Crippen molar-refractivity contribution in [3.8, 4) is 0 Å². The topological polar surface area (TPSA) is 18.5 Å². The first kappa shape index (κ1) is 8.14. The molecule has 0 fully saturated rings. The van der Waals surface area contributed by atoms with Gasteiger partial charge in [-0.05, 0) is 6.42 Å². The molecule has 0 atom stereocenters. The van der Waals surface area contributed by atoms with Gasteiger partial charge in [-0.3, -0.25) is 0 Å². The van der Waals surface area contributed by atoms with Crippen molar-refractivity contribution < 1.29 is 9.47 Å². The fraction of sp³-hybridized carbons (Fsp3) is 1.00. The predicted octanol–water partition coefficient (Wildman–Crippen LogP) is -0.221. The van der Waals surface area contributed by atoms with Crippen LogP contribution in [0.4, 0.5) is 0 Å². The van der Waals surface area contributed by atoms with Gasteiger partial charge >= 0.3 is 0 Å². The monoisotopic (exact) mass is 134 g/mol. The molecule has 2 nitrogen and oxygen atoms in total. The van der Waals surface area contributed by atoms with Gasteiger partial charge in [-0.25, -0.2) is 0 Å². The maximum atomic E-state index is 4.94. The van der Waals surface area contributed by atoms with Crippen molar-refractivity contribution in [2.24, 2.45) is 0 Å². The lowest BCUT2D eigenvalue weighted by Gasteiger charge is -2.10. The fourth-order valence-corrected chi connectivity index (χ4v) is 1.04. The summed E-state index contributed by atoms with van der Waals surface area (Å²) in [6.07, 6.45) is 1.08. The van der Waals surface area contributed by atoms with Crippen molar-refractivity contribution in [2.75, 3.05) is 14.2 Å². The lowest BCUT2D eigenvalue weighted by Crippen LogP contribution is -2.11. The number of ether oxygens (including phenoxy) is 2. The van der Waals surface area contributed by atoms with Gasteiger partial charge in [-0.2, -0.15) is 0 Å². The van der Waals surface area contributed by atoms with Crippen molar-refractivity contribution in [3.05, 3.63) is 0 Å². The van der Waals surface area contributed by atoms with Gasteiger partial charge in [0.15, 0.2) is 6.29 Å². The third kappa shape index (κ3) is 3.18. The van der Waals surface area contributed by atoms with E-state index in [-0.39, 0.29) is 6.29 Å². The Morgan fingerprint density at radius 1 is 1.38 bits per heavy atom. The Balaban J connectivity index is 3.07. The summed E-state index contributed by atoms with van der Waals surface area (Å²) in [5.74, 6) is 0. The van der Waals surface area contributed by atoms with E-state index in [1.807, 2.05) is 0 Å². The maximum absolute atomic E-state index is 4.94. The SMILES string of the molecule is COC(CC[SiH3])OC. The summed E-state index contributed by atoms with van der Waals surface area (Å²) in [7, 11) is 4.58. The van der Waals surface area contributed by atoms with Crippen molar-refractivity contribution in [2.45, 2.75) is 18.8 Å². The van der Waals surface area contributed by atoms with E-state index in [0.29, 0.717) is 0 Å². The van der Waals surface area contributed by atoms with Gasteiger partial charge in [0.1, 0.15) is 0 Å². The largest absolute Gasteiger partial charge is 0.356 e. The molecule has 0 aromatic carbocycles. The zero-order valence-corrected chi connectivity index (χ0v) is 7.81. The van der Waals surface area contributed by atoms with Gasteiger partial charge < -0.3 is 9.47 Å². The van der Waals surface area contributed by atoms with Gasteiger partial charge in [0, 0.05) is 24.5 Å². The minimum absolute atomic E-state index is 0.0347. The molecule has 50 valence electrons. The maximum Gasteiger partial charge on any atom is 0.156 e. The van der Waals surface area contributed by atoms with Crippen LogP contribution in [0.2, 0.25) is 6.04 Å². The summed E-state index contributed by atoms with van der Waals surface area (Å²) in [4.78, 5) is 0. The molecule has 0 radical (unpaired) electrons. The van der Waals surface area contributed by atoms with Crippen LogP contribution in [0.1, 0.15) is 6.42 Å². The summed E-state index contributed by atoms with van der Waals surface area (Å²) >= 11 is 0. The van der Waals surface area contributed by atoms with E-state index in [1.54, 1.807) is 14.2 Å². The van der Waals surface area contributed by atoms with Crippen LogP contribution in [0.25, 0.3) is 0 Å². The van der Waals surface area contributed by atoms with E-state index in [4.69, 9.17) is 9.47 Å². The molecule has 0 aliphatic carbocycles. The predicted molar refractivity (Wildman–Crippen MR) is 37.2 cm³/mol. The van der Waals surface area contributed by atoms with Crippen LogP contribution >= 0.6 is 0 Å². The Bertz CT molecular complexity index is 45.7. The normalized spacial score (nSPS) is 10.9. The van der Waals surface area contributed by atoms with Crippen LogP contribution in [0, 0.1) is 0 Å². The van der Waals surface area contributed by atoms with Gasteiger partial charge in [-0.1, -0.05) is 6.04 Å². The fourth-order valence-electron chi connectivity index (χ4n) is 0.568. The molecule has 0 N–H and O–H groups in total. The van der Waals surface area contributed by atoms with E-state index in [9.17, 15) is 0 Å². The Morgan fingerprint density at radius 3 is 2.00 bits per heavy atom. The highest BCUT2D eigenvalue weighted by atomic mass is 28.1. The second kappa shape index (κ2) is 5.28. The first-order chi connectivity index (χ1) is 3.85. The molecule has 0 saturated heterocycles. The first-order valence-electron chi connectivity index (χ1n) is 2.90. The second-order valence-electron chi connectivity index (χ2n) is 1.69.